The van der Waals surface area contributed by atoms with Crippen molar-refractivity contribution in [3.05, 3.63) is 36.0 Å². The number of para-hydroxylation sites is 1. The molecule has 0 saturated carbocycles. The molecule has 3 nitrogen and oxygen atoms in total. The first-order valence-corrected chi connectivity index (χ1v) is 5.91. The molecule has 0 spiro atoms. The molecule has 0 aliphatic rings. The summed E-state index contributed by atoms with van der Waals surface area (Å²) in [6.07, 6.45) is 2.07. The fraction of sp³-hybridized carbons (Fsp3) is 0.429. The standard InChI is InChI=1S/C14H20N2O/c1-14(2,10-17-3)16-9-11-8-15-13-7-5-4-6-12(11)13/h4-8,15-16H,9-10H2,1-3H3. The molecule has 17 heavy (non-hydrogen) atoms. The Morgan fingerprint density at radius 2 is 2.06 bits per heavy atom. The molecule has 92 valence electrons. The summed E-state index contributed by atoms with van der Waals surface area (Å²) in [6.45, 7) is 5.84. The van der Waals surface area contributed by atoms with Crippen molar-refractivity contribution in [2.45, 2.75) is 25.9 Å². The number of fused-ring (bicyclic) bond motifs is 1. The Bertz CT molecular complexity index is 488. The Morgan fingerprint density at radius 3 is 2.82 bits per heavy atom. The van der Waals surface area contributed by atoms with Gasteiger partial charge in [0.2, 0.25) is 0 Å². The quantitative estimate of drug-likeness (QED) is 0.831. The largest absolute Gasteiger partial charge is 0.383 e. The van der Waals surface area contributed by atoms with Gasteiger partial charge in [0, 0.05) is 36.3 Å². The molecule has 0 aliphatic heterocycles. The molecule has 1 aromatic carbocycles. The minimum atomic E-state index is -0.00682. The Labute approximate surface area is 102 Å². The van der Waals surface area contributed by atoms with Gasteiger partial charge in [-0.25, -0.2) is 0 Å². The number of nitrogens with one attached hydrogen (secondary N) is 2. The van der Waals surface area contributed by atoms with E-state index in [1.165, 1.54) is 16.5 Å². The molecular weight excluding hydrogens is 212 g/mol. The summed E-state index contributed by atoms with van der Waals surface area (Å²) in [5.41, 5.74) is 2.48. The second kappa shape index (κ2) is 4.90. The van der Waals surface area contributed by atoms with Crippen LogP contribution in [0.1, 0.15) is 19.4 Å². The number of ether oxygens (including phenoxy) is 1. The molecule has 0 atom stereocenters. The first kappa shape index (κ1) is 12.1. The van der Waals surface area contributed by atoms with Crippen LogP contribution in [0, 0.1) is 0 Å². The zero-order valence-electron chi connectivity index (χ0n) is 10.7. The molecule has 2 N–H and O–H groups in total. The van der Waals surface area contributed by atoms with Gasteiger partial charge in [0.05, 0.1) is 6.61 Å². The Morgan fingerprint density at radius 1 is 1.29 bits per heavy atom. The van der Waals surface area contributed by atoms with Gasteiger partial charge in [-0.1, -0.05) is 18.2 Å². The lowest BCUT2D eigenvalue weighted by Gasteiger charge is -2.25. The van der Waals surface area contributed by atoms with Crippen molar-refractivity contribution in [2.24, 2.45) is 0 Å². The van der Waals surface area contributed by atoms with Crippen molar-refractivity contribution in [1.82, 2.24) is 10.3 Å². The van der Waals surface area contributed by atoms with Gasteiger partial charge < -0.3 is 15.0 Å². The van der Waals surface area contributed by atoms with Crippen LogP contribution in [0.15, 0.2) is 30.5 Å². The van der Waals surface area contributed by atoms with Gasteiger partial charge in [0.25, 0.3) is 0 Å². The van der Waals surface area contributed by atoms with Gasteiger partial charge in [-0.15, -0.1) is 0 Å². The van der Waals surface area contributed by atoms with Gasteiger partial charge in [-0.2, -0.15) is 0 Å². The van der Waals surface area contributed by atoms with Crippen molar-refractivity contribution in [1.29, 1.82) is 0 Å². The third-order valence-electron chi connectivity index (χ3n) is 2.94. The summed E-state index contributed by atoms with van der Waals surface area (Å²) in [7, 11) is 1.73. The van der Waals surface area contributed by atoms with Crippen LogP contribution < -0.4 is 5.32 Å². The highest BCUT2D eigenvalue weighted by Gasteiger charge is 2.16. The lowest BCUT2D eigenvalue weighted by atomic mass is 10.1. The van der Waals surface area contributed by atoms with E-state index in [1.807, 2.05) is 6.07 Å². The second-order valence-corrected chi connectivity index (χ2v) is 5.03. The molecule has 3 heteroatoms. The number of methoxy groups -OCH3 is 1. The number of benzene rings is 1. The van der Waals surface area contributed by atoms with Crippen molar-refractivity contribution < 1.29 is 4.74 Å². The van der Waals surface area contributed by atoms with Crippen LogP contribution in [-0.4, -0.2) is 24.2 Å². The Balaban J connectivity index is 2.09. The average molecular weight is 232 g/mol. The van der Waals surface area contributed by atoms with E-state index < -0.39 is 0 Å². The van der Waals surface area contributed by atoms with E-state index in [2.05, 4.69) is 48.5 Å². The third-order valence-corrected chi connectivity index (χ3v) is 2.94. The molecular formula is C14H20N2O. The average Bonchev–Trinajstić information content (AvgIpc) is 2.70. The minimum absolute atomic E-state index is 0.00682. The SMILES string of the molecule is COCC(C)(C)NCc1c[nH]c2ccccc12. The lowest BCUT2D eigenvalue weighted by molar-refractivity contribution is 0.128. The molecule has 0 unspecified atom stereocenters. The summed E-state index contributed by atoms with van der Waals surface area (Å²) in [5, 5.41) is 4.79. The molecule has 0 fully saturated rings. The Hall–Kier alpha value is -1.32. The van der Waals surface area contributed by atoms with E-state index in [0.717, 1.165) is 6.54 Å². The smallest absolute Gasteiger partial charge is 0.0639 e. The number of H-pyrrole nitrogens is 1. The molecule has 0 radical (unpaired) electrons. The zero-order valence-corrected chi connectivity index (χ0v) is 10.7. The highest BCUT2D eigenvalue weighted by atomic mass is 16.5. The summed E-state index contributed by atoms with van der Waals surface area (Å²) in [5.74, 6) is 0. The van der Waals surface area contributed by atoms with Crippen molar-refractivity contribution in [2.75, 3.05) is 13.7 Å². The van der Waals surface area contributed by atoms with Gasteiger partial charge in [-0.3, -0.25) is 0 Å². The topological polar surface area (TPSA) is 37.0 Å². The monoisotopic (exact) mass is 232 g/mol. The predicted molar refractivity (Wildman–Crippen MR) is 71.1 cm³/mol. The molecule has 1 heterocycles. The normalized spacial score (nSPS) is 12.2. The van der Waals surface area contributed by atoms with Crippen LogP contribution in [0.4, 0.5) is 0 Å². The van der Waals surface area contributed by atoms with Crippen LogP contribution in [0.5, 0.6) is 0 Å². The maximum atomic E-state index is 5.19. The molecule has 1 aromatic heterocycles. The van der Waals surface area contributed by atoms with Crippen LogP contribution >= 0.6 is 0 Å². The first-order chi connectivity index (χ1) is 8.12. The van der Waals surface area contributed by atoms with E-state index in [1.54, 1.807) is 7.11 Å². The highest BCUT2D eigenvalue weighted by Crippen LogP contribution is 2.18. The second-order valence-electron chi connectivity index (χ2n) is 5.03. The maximum Gasteiger partial charge on any atom is 0.0639 e. The van der Waals surface area contributed by atoms with Gasteiger partial charge >= 0.3 is 0 Å². The number of aromatic nitrogens is 1. The van der Waals surface area contributed by atoms with Crippen molar-refractivity contribution >= 4 is 10.9 Å². The number of aromatic amines is 1. The Kier molecular flexibility index (Phi) is 3.50. The summed E-state index contributed by atoms with van der Waals surface area (Å²) < 4.78 is 5.19. The fourth-order valence-corrected chi connectivity index (χ4v) is 2.02. The van der Waals surface area contributed by atoms with Crippen LogP contribution in [0.2, 0.25) is 0 Å². The van der Waals surface area contributed by atoms with Gasteiger partial charge in [-0.05, 0) is 25.5 Å². The van der Waals surface area contributed by atoms with Crippen LogP contribution in [0.25, 0.3) is 10.9 Å². The lowest BCUT2D eigenvalue weighted by Crippen LogP contribution is -2.42. The molecule has 2 rings (SSSR count). The summed E-state index contributed by atoms with van der Waals surface area (Å²) in [6, 6.07) is 8.36. The summed E-state index contributed by atoms with van der Waals surface area (Å²) >= 11 is 0. The van der Waals surface area contributed by atoms with Crippen LogP contribution in [-0.2, 0) is 11.3 Å². The van der Waals surface area contributed by atoms with E-state index in [9.17, 15) is 0 Å². The van der Waals surface area contributed by atoms with Gasteiger partial charge in [0.15, 0.2) is 0 Å². The van der Waals surface area contributed by atoms with Gasteiger partial charge in [0.1, 0.15) is 0 Å². The third kappa shape index (κ3) is 2.87. The number of hydrogen-bond acceptors (Lipinski definition) is 2. The molecule has 0 saturated heterocycles. The van der Waals surface area contributed by atoms with Crippen molar-refractivity contribution in [3.8, 4) is 0 Å². The van der Waals surface area contributed by atoms with Crippen molar-refractivity contribution in [3.63, 3.8) is 0 Å². The minimum Gasteiger partial charge on any atom is -0.383 e. The zero-order chi connectivity index (χ0) is 12.3. The summed E-state index contributed by atoms with van der Waals surface area (Å²) in [4.78, 5) is 3.29. The van der Waals surface area contributed by atoms with E-state index in [0.29, 0.717) is 6.61 Å². The van der Waals surface area contributed by atoms with Crippen LogP contribution in [0.3, 0.4) is 0 Å². The van der Waals surface area contributed by atoms with E-state index in [4.69, 9.17) is 4.74 Å². The van der Waals surface area contributed by atoms with E-state index in [-0.39, 0.29) is 5.54 Å². The first-order valence-electron chi connectivity index (χ1n) is 5.91. The van der Waals surface area contributed by atoms with E-state index >= 15 is 0 Å². The number of rotatable bonds is 5. The molecule has 0 aliphatic carbocycles. The number of hydrogen-bond donors (Lipinski definition) is 2. The molecule has 2 aromatic rings. The molecule has 0 bridgehead atoms. The molecule has 0 amide bonds. The highest BCUT2D eigenvalue weighted by molar-refractivity contribution is 5.82. The fourth-order valence-electron chi connectivity index (χ4n) is 2.02. The maximum absolute atomic E-state index is 5.19. The predicted octanol–water partition coefficient (Wildman–Crippen LogP) is 2.68.